The second kappa shape index (κ2) is 12.5. The molecule has 9 heteroatoms. The number of hydrogen-bond acceptors (Lipinski definition) is 2. The Bertz CT molecular complexity index is 1060. The van der Waals surface area contributed by atoms with E-state index >= 15 is 0 Å². The van der Waals surface area contributed by atoms with Crippen molar-refractivity contribution in [3.8, 4) is 0 Å². The van der Waals surface area contributed by atoms with E-state index in [0.717, 1.165) is 45.0 Å². The number of alkyl halides is 3. The number of carbonyl (C=O) groups excluding carboxylic acids is 1. The number of piperidine rings is 1. The molecule has 190 valence electrons. The number of rotatable bonds is 8. The number of hydrogen-bond donors (Lipinski definition) is 0. The van der Waals surface area contributed by atoms with Crippen molar-refractivity contribution in [3.05, 3.63) is 72.6 Å². The van der Waals surface area contributed by atoms with Gasteiger partial charge in [-0.1, -0.05) is 75.9 Å². The minimum Gasteiger partial charge on any atom is -0.303 e. The van der Waals surface area contributed by atoms with Gasteiger partial charge in [-0.2, -0.15) is 13.2 Å². The van der Waals surface area contributed by atoms with Crippen LogP contribution in [0, 0.1) is 5.92 Å². The zero-order valence-corrected chi connectivity index (χ0v) is 23.0. The molecule has 0 aliphatic carbocycles. The van der Waals surface area contributed by atoms with E-state index in [1.54, 1.807) is 18.2 Å². The van der Waals surface area contributed by atoms with Gasteiger partial charge in [0.25, 0.3) is 0 Å². The lowest BCUT2D eigenvalue weighted by Crippen LogP contribution is -2.34. The zero-order chi connectivity index (χ0) is 25.8. The molecule has 1 aliphatic heterocycles. The lowest BCUT2D eigenvalue weighted by atomic mass is 9.89. The molecule has 2 aromatic rings. The molecule has 0 bridgehead atoms. The van der Waals surface area contributed by atoms with Crippen LogP contribution in [0.1, 0.15) is 60.0 Å². The van der Waals surface area contributed by atoms with Crippen molar-refractivity contribution in [1.82, 2.24) is 4.90 Å². The molecule has 3 rings (SSSR count). The molecule has 0 radical (unpaired) electrons. The molecular formula is C26H26BrCl3F3NO. The molecule has 0 aromatic heterocycles. The third-order valence-electron chi connectivity index (χ3n) is 6.21. The molecule has 0 amide bonds. The van der Waals surface area contributed by atoms with Gasteiger partial charge in [0.05, 0.1) is 21.0 Å². The van der Waals surface area contributed by atoms with Crippen LogP contribution in [0.25, 0.3) is 6.08 Å². The number of nitrogens with zero attached hydrogens (tertiary/aromatic N) is 1. The molecule has 2 nitrogen and oxygen atoms in total. The Morgan fingerprint density at radius 2 is 1.77 bits per heavy atom. The van der Waals surface area contributed by atoms with Crippen molar-refractivity contribution < 1.29 is 18.0 Å². The summed E-state index contributed by atoms with van der Waals surface area (Å²) < 4.78 is 41.9. The van der Waals surface area contributed by atoms with E-state index in [1.807, 2.05) is 0 Å². The first-order valence-corrected chi connectivity index (χ1v) is 13.4. The van der Waals surface area contributed by atoms with Gasteiger partial charge in [0, 0.05) is 16.5 Å². The summed E-state index contributed by atoms with van der Waals surface area (Å²) in [6.07, 6.45) is 1.46. The van der Waals surface area contributed by atoms with Crippen molar-refractivity contribution in [2.75, 3.05) is 19.6 Å². The van der Waals surface area contributed by atoms with Gasteiger partial charge in [-0.25, -0.2) is 0 Å². The number of halogens is 7. The van der Waals surface area contributed by atoms with Gasteiger partial charge in [-0.3, -0.25) is 4.79 Å². The molecule has 0 N–H and O–H groups in total. The Balaban J connectivity index is 1.72. The van der Waals surface area contributed by atoms with Gasteiger partial charge in [0.2, 0.25) is 0 Å². The fourth-order valence-electron chi connectivity index (χ4n) is 4.33. The van der Waals surface area contributed by atoms with E-state index in [-0.39, 0.29) is 26.4 Å². The Hall–Kier alpha value is -1.05. The summed E-state index contributed by atoms with van der Waals surface area (Å²) in [5, 5.41) is -0.0744. The number of allylic oxidation sites excluding steroid dienone is 1. The highest BCUT2D eigenvalue weighted by molar-refractivity contribution is 9.10. The lowest BCUT2D eigenvalue weighted by Gasteiger charge is -2.31. The van der Waals surface area contributed by atoms with Crippen LogP contribution in [-0.2, 0) is 0 Å². The van der Waals surface area contributed by atoms with Crippen molar-refractivity contribution in [2.24, 2.45) is 5.92 Å². The molecule has 0 saturated carbocycles. The quantitative estimate of drug-likeness (QED) is 0.219. The highest BCUT2D eigenvalue weighted by Crippen LogP contribution is 2.41. The summed E-state index contributed by atoms with van der Waals surface area (Å²) in [6.45, 7) is 5.29. The highest BCUT2D eigenvalue weighted by atomic mass is 79.9. The number of carbonyl (C=O) groups is 1. The van der Waals surface area contributed by atoms with Crippen LogP contribution < -0.4 is 0 Å². The standard InChI is InChI=1S/C26H26BrCl3F3NO/c1-2-9-34-10-7-17(8-11-34)13-24(35)19-5-3-16(12-21(19)27)4-6-20(26(31,32)33)18-14-22(28)25(30)23(29)15-18/h3-6,12,14-15,17,20H,2,7-11,13H2,1H3/b6-4+. The van der Waals surface area contributed by atoms with Gasteiger partial charge in [0.1, 0.15) is 0 Å². The third kappa shape index (κ3) is 7.72. The van der Waals surface area contributed by atoms with Crippen molar-refractivity contribution in [2.45, 2.75) is 44.7 Å². The molecule has 1 unspecified atom stereocenters. The van der Waals surface area contributed by atoms with Gasteiger partial charge in [-0.05, 0) is 80.2 Å². The Morgan fingerprint density at radius 3 is 2.31 bits per heavy atom. The van der Waals surface area contributed by atoms with Crippen molar-refractivity contribution in [3.63, 3.8) is 0 Å². The van der Waals surface area contributed by atoms with E-state index in [1.165, 1.54) is 18.2 Å². The number of ketones is 1. The summed E-state index contributed by atoms with van der Waals surface area (Å²) in [6, 6.07) is 7.30. The molecular weight excluding hydrogens is 586 g/mol. The minimum absolute atomic E-state index is 0.0117. The zero-order valence-electron chi connectivity index (χ0n) is 19.1. The van der Waals surface area contributed by atoms with E-state index in [0.29, 0.717) is 27.9 Å². The van der Waals surface area contributed by atoms with E-state index in [4.69, 9.17) is 34.8 Å². The molecule has 1 atom stereocenters. The second-order valence-corrected chi connectivity index (χ2v) is 10.9. The van der Waals surface area contributed by atoms with Crippen LogP contribution in [0.5, 0.6) is 0 Å². The Kier molecular flexibility index (Phi) is 10.2. The van der Waals surface area contributed by atoms with E-state index < -0.39 is 12.1 Å². The van der Waals surface area contributed by atoms with Crippen LogP contribution in [-0.4, -0.2) is 36.5 Å². The summed E-state index contributed by atoms with van der Waals surface area (Å²) >= 11 is 21.2. The fraction of sp³-hybridized carbons (Fsp3) is 0.423. The number of likely N-dealkylation sites (tertiary alicyclic amines) is 1. The highest BCUT2D eigenvalue weighted by Gasteiger charge is 2.39. The average Bonchev–Trinajstić information content (AvgIpc) is 2.78. The van der Waals surface area contributed by atoms with Gasteiger partial charge < -0.3 is 4.90 Å². The molecule has 35 heavy (non-hydrogen) atoms. The maximum atomic E-state index is 13.8. The topological polar surface area (TPSA) is 20.3 Å². The molecule has 0 spiro atoms. The summed E-state index contributed by atoms with van der Waals surface area (Å²) in [4.78, 5) is 15.3. The van der Waals surface area contributed by atoms with Crippen LogP contribution in [0.15, 0.2) is 40.9 Å². The first-order chi connectivity index (χ1) is 16.5. The predicted molar refractivity (Wildman–Crippen MR) is 142 cm³/mol. The predicted octanol–water partition coefficient (Wildman–Crippen LogP) is 9.46. The summed E-state index contributed by atoms with van der Waals surface area (Å²) in [5.74, 6) is -1.53. The molecule has 1 aliphatic rings. The van der Waals surface area contributed by atoms with Crippen LogP contribution in [0.2, 0.25) is 15.1 Å². The summed E-state index contributed by atoms with van der Waals surface area (Å²) in [7, 11) is 0. The van der Waals surface area contributed by atoms with Crippen LogP contribution >= 0.6 is 50.7 Å². The number of Topliss-reactive ketones (excluding diaryl/α,β-unsaturated/α-hetero) is 1. The maximum Gasteiger partial charge on any atom is 0.399 e. The second-order valence-electron chi connectivity index (χ2n) is 8.83. The van der Waals surface area contributed by atoms with E-state index in [9.17, 15) is 18.0 Å². The monoisotopic (exact) mass is 609 g/mol. The van der Waals surface area contributed by atoms with Crippen LogP contribution in [0.4, 0.5) is 13.2 Å². The number of benzene rings is 2. The van der Waals surface area contributed by atoms with Crippen molar-refractivity contribution in [1.29, 1.82) is 0 Å². The molecule has 2 aromatic carbocycles. The van der Waals surface area contributed by atoms with Gasteiger partial charge in [-0.15, -0.1) is 0 Å². The lowest BCUT2D eigenvalue weighted by molar-refractivity contribution is -0.139. The maximum absolute atomic E-state index is 13.8. The first kappa shape index (κ1) is 28.5. The summed E-state index contributed by atoms with van der Waals surface area (Å²) in [5.41, 5.74) is 0.965. The molecule has 1 heterocycles. The smallest absolute Gasteiger partial charge is 0.303 e. The Morgan fingerprint density at radius 1 is 1.14 bits per heavy atom. The van der Waals surface area contributed by atoms with Gasteiger partial charge >= 0.3 is 6.18 Å². The fourth-order valence-corrected chi connectivity index (χ4v) is 5.57. The van der Waals surface area contributed by atoms with E-state index in [2.05, 4.69) is 27.8 Å². The normalized spacial score (nSPS) is 16.7. The van der Waals surface area contributed by atoms with Crippen LogP contribution in [0.3, 0.4) is 0 Å². The third-order valence-corrected chi connectivity index (χ3v) is 8.07. The largest absolute Gasteiger partial charge is 0.399 e. The first-order valence-electron chi connectivity index (χ1n) is 11.4. The molecule has 1 saturated heterocycles. The molecule has 1 fully saturated rings. The SMILES string of the molecule is CCCN1CCC(CC(=O)c2ccc(/C=C/C(c3cc(Cl)c(Cl)c(Cl)c3)C(F)(F)F)cc2Br)CC1. The van der Waals surface area contributed by atoms with Gasteiger partial charge in [0.15, 0.2) is 5.78 Å². The van der Waals surface area contributed by atoms with Crippen molar-refractivity contribution >= 4 is 62.6 Å². The minimum atomic E-state index is -4.56. The Labute approximate surface area is 227 Å². The average molecular weight is 612 g/mol.